The average Bonchev–Trinajstić information content (AvgIpc) is 3.06. The number of nitrogens with zero attached hydrogens (tertiary/aromatic N) is 3. The van der Waals surface area contributed by atoms with Gasteiger partial charge >= 0.3 is 6.18 Å². The Morgan fingerprint density at radius 1 is 1.20 bits per heavy atom. The molecule has 1 heterocycles. The minimum Gasteiger partial charge on any atom is -0.486 e. The maximum Gasteiger partial charge on any atom is 0.416 e. The summed E-state index contributed by atoms with van der Waals surface area (Å²) < 4.78 is 45.4. The Morgan fingerprint density at radius 2 is 1.93 bits per heavy atom. The first-order valence-corrected chi connectivity index (χ1v) is 9.95. The lowest BCUT2D eigenvalue weighted by molar-refractivity contribution is -0.137. The molecule has 0 fully saturated rings. The van der Waals surface area contributed by atoms with Gasteiger partial charge in [-0.3, -0.25) is 4.79 Å². The maximum absolute atomic E-state index is 12.8. The number of carbonyl (C=O) groups excluding carboxylic acids is 1. The van der Waals surface area contributed by atoms with Gasteiger partial charge in [-0.05, 0) is 42.5 Å². The van der Waals surface area contributed by atoms with Gasteiger partial charge in [-0.2, -0.15) is 13.2 Å². The molecule has 0 saturated heterocycles. The van der Waals surface area contributed by atoms with Crippen LogP contribution in [-0.4, -0.2) is 26.4 Å². The highest BCUT2D eigenvalue weighted by Crippen LogP contribution is 2.31. The Kier molecular flexibility index (Phi) is 6.88. The van der Waals surface area contributed by atoms with Crippen LogP contribution >= 0.6 is 23.4 Å². The van der Waals surface area contributed by atoms with Crippen molar-refractivity contribution in [3.05, 3.63) is 64.9 Å². The Hall–Kier alpha value is -2.72. The third kappa shape index (κ3) is 5.90. The Morgan fingerprint density at radius 3 is 2.63 bits per heavy atom. The summed E-state index contributed by atoms with van der Waals surface area (Å²) in [5.74, 6) is 0.354. The van der Waals surface area contributed by atoms with Crippen molar-refractivity contribution >= 4 is 35.0 Å². The molecule has 0 aliphatic rings. The molecule has 0 bridgehead atoms. The number of aromatic nitrogens is 3. The quantitative estimate of drug-likeness (QED) is 0.517. The van der Waals surface area contributed by atoms with Crippen LogP contribution in [0.2, 0.25) is 5.02 Å². The van der Waals surface area contributed by atoms with Gasteiger partial charge in [0, 0.05) is 17.8 Å². The van der Waals surface area contributed by atoms with E-state index < -0.39 is 11.7 Å². The highest BCUT2D eigenvalue weighted by molar-refractivity contribution is 7.99. The predicted octanol–water partition coefficient (Wildman–Crippen LogP) is 4.80. The number of rotatable bonds is 7. The summed E-state index contributed by atoms with van der Waals surface area (Å²) in [6.45, 7) is -0.0671. The Labute approximate surface area is 179 Å². The summed E-state index contributed by atoms with van der Waals surface area (Å²) in [5, 5.41) is 11.7. The first-order valence-electron chi connectivity index (χ1n) is 8.59. The fraction of sp³-hybridized carbons (Fsp3) is 0.211. The van der Waals surface area contributed by atoms with Crippen molar-refractivity contribution in [1.29, 1.82) is 0 Å². The number of anilines is 1. The van der Waals surface area contributed by atoms with Crippen LogP contribution in [0.25, 0.3) is 0 Å². The first-order chi connectivity index (χ1) is 14.2. The minimum absolute atomic E-state index is 0.0671. The van der Waals surface area contributed by atoms with Crippen LogP contribution in [0.3, 0.4) is 0 Å². The predicted molar refractivity (Wildman–Crippen MR) is 108 cm³/mol. The molecule has 0 spiro atoms. The van der Waals surface area contributed by atoms with E-state index in [9.17, 15) is 18.0 Å². The minimum atomic E-state index is -4.44. The number of alkyl halides is 3. The molecule has 3 aromatic rings. The summed E-state index contributed by atoms with van der Waals surface area (Å²) in [5.41, 5.74) is -0.168. The summed E-state index contributed by atoms with van der Waals surface area (Å²) >= 11 is 6.98. The molecule has 6 nitrogen and oxygen atoms in total. The van der Waals surface area contributed by atoms with Gasteiger partial charge in [0.1, 0.15) is 12.4 Å². The normalized spacial score (nSPS) is 11.4. The zero-order valence-corrected chi connectivity index (χ0v) is 17.2. The fourth-order valence-electron chi connectivity index (χ4n) is 2.37. The number of thioether (sulfide) groups is 1. The second-order valence-electron chi connectivity index (χ2n) is 6.12. The molecule has 1 aromatic heterocycles. The molecular formula is C19H16ClF3N4O2S. The molecule has 0 aliphatic carbocycles. The smallest absolute Gasteiger partial charge is 0.416 e. The molecule has 1 amide bonds. The number of hydrogen-bond donors (Lipinski definition) is 1. The zero-order chi connectivity index (χ0) is 21.7. The van der Waals surface area contributed by atoms with E-state index in [0.717, 1.165) is 12.1 Å². The van der Waals surface area contributed by atoms with Crippen LogP contribution < -0.4 is 10.1 Å². The van der Waals surface area contributed by atoms with Gasteiger partial charge in [-0.15, -0.1) is 10.2 Å². The number of hydrogen-bond acceptors (Lipinski definition) is 5. The second-order valence-corrected chi connectivity index (χ2v) is 7.49. The lowest BCUT2D eigenvalue weighted by Crippen LogP contribution is -2.14. The molecule has 0 aliphatic heterocycles. The van der Waals surface area contributed by atoms with Gasteiger partial charge < -0.3 is 14.6 Å². The van der Waals surface area contributed by atoms with Gasteiger partial charge in [-0.1, -0.05) is 29.4 Å². The van der Waals surface area contributed by atoms with Crippen molar-refractivity contribution < 1.29 is 22.7 Å². The number of carbonyl (C=O) groups is 1. The highest BCUT2D eigenvalue weighted by Gasteiger charge is 2.30. The van der Waals surface area contributed by atoms with E-state index in [1.54, 1.807) is 35.9 Å². The third-order valence-corrected chi connectivity index (χ3v) is 5.19. The van der Waals surface area contributed by atoms with E-state index in [1.165, 1.54) is 23.9 Å². The Bertz CT molecular complexity index is 1030. The molecular weight excluding hydrogens is 441 g/mol. The lowest BCUT2D eigenvalue weighted by atomic mass is 10.2. The molecule has 158 valence electrons. The van der Waals surface area contributed by atoms with E-state index in [0.29, 0.717) is 21.7 Å². The van der Waals surface area contributed by atoms with E-state index in [-0.39, 0.29) is 24.0 Å². The van der Waals surface area contributed by atoms with Crippen molar-refractivity contribution in [2.75, 3.05) is 11.1 Å². The molecule has 0 atom stereocenters. The summed E-state index contributed by atoms with van der Waals surface area (Å²) in [6, 6.07) is 11.3. The number of amides is 1. The molecule has 0 unspecified atom stereocenters. The lowest BCUT2D eigenvalue weighted by Gasteiger charge is -2.10. The largest absolute Gasteiger partial charge is 0.486 e. The first kappa shape index (κ1) is 22.0. The standard InChI is InChI=1S/C19H16ClF3N4O2S/c1-27-16(10-29-15-4-2-3-12(9-15)19(21,22)23)25-26-18(27)30-11-17(28)24-14-7-5-13(20)6-8-14/h2-9H,10-11H2,1H3,(H,24,28). The van der Waals surface area contributed by atoms with Crippen molar-refractivity contribution in [3.63, 3.8) is 0 Å². The molecule has 2 aromatic carbocycles. The van der Waals surface area contributed by atoms with Crippen molar-refractivity contribution in [2.24, 2.45) is 7.05 Å². The number of benzene rings is 2. The molecule has 11 heteroatoms. The number of halogens is 4. The molecule has 3 rings (SSSR count). The van der Waals surface area contributed by atoms with Crippen molar-refractivity contribution in [1.82, 2.24) is 14.8 Å². The van der Waals surface area contributed by atoms with Crippen LogP contribution in [0.1, 0.15) is 11.4 Å². The van der Waals surface area contributed by atoms with Crippen LogP contribution in [0.5, 0.6) is 5.75 Å². The summed E-state index contributed by atoms with van der Waals surface area (Å²) in [4.78, 5) is 12.1. The topological polar surface area (TPSA) is 69.0 Å². The molecule has 0 saturated carbocycles. The van der Waals surface area contributed by atoms with Gasteiger partial charge in [0.25, 0.3) is 0 Å². The highest BCUT2D eigenvalue weighted by atomic mass is 35.5. The molecule has 0 radical (unpaired) electrons. The van der Waals surface area contributed by atoms with Crippen molar-refractivity contribution in [2.45, 2.75) is 17.9 Å². The van der Waals surface area contributed by atoms with E-state index in [1.807, 2.05) is 0 Å². The maximum atomic E-state index is 12.8. The van der Waals surface area contributed by atoms with Crippen molar-refractivity contribution in [3.8, 4) is 5.75 Å². The zero-order valence-electron chi connectivity index (χ0n) is 15.6. The van der Waals surface area contributed by atoms with E-state index in [4.69, 9.17) is 16.3 Å². The number of nitrogens with one attached hydrogen (secondary N) is 1. The third-order valence-electron chi connectivity index (χ3n) is 3.91. The van der Waals surface area contributed by atoms with Gasteiger partial charge in [0.05, 0.1) is 11.3 Å². The van der Waals surface area contributed by atoms with Crippen LogP contribution in [0, 0.1) is 0 Å². The van der Waals surface area contributed by atoms with E-state index >= 15 is 0 Å². The monoisotopic (exact) mass is 456 g/mol. The fourth-order valence-corrected chi connectivity index (χ4v) is 3.22. The SMILES string of the molecule is Cn1c(COc2cccc(C(F)(F)F)c2)nnc1SCC(=O)Nc1ccc(Cl)cc1. The van der Waals surface area contributed by atoms with Gasteiger partial charge in [0.2, 0.25) is 5.91 Å². The molecule has 1 N–H and O–H groups in total. The van der Waals surface area contributed by atoms with Crippen LogP contribution in [0.4, 0.5) is 18.9 Å². The van der Waals surface area contributed by atoms with Crippen LogP contribution in [-0.2, 0) is 24.6 Å². The summed E-state index contributed by atoms with van der Waals surface area (Å²) in [7, 11) is 1.68. The second kappa shape index (κ2) is 9.40. The van der Waals surface area contributed by atoms with Gasteiger partial charge in [0.15, 0.2) is 11.0 Å². The van der Waals surface area contributed by atoms with E-state index in [2.05, 4.69) is 15.5 Å². The average molecular weight is 457 g/mol. The molecule has 30 heavy (non-hydrogen) atoms. The van der Waals surface area contributed by atoms with Gasteiger partial charge in [-0.25, -0.2) is 0 Å². The summed E-state index contributed by atoms with van der Waals surface area (Å²) in [6.07, 6.45) is -4.44. The number of ether oxygens (including phenoxy) is 1. The Balaban J connectivity index is 1.54. The van der Waals surface area contributed by atoms with Crippen LogP contribution in [0.15, 0.2) is 53.7 Å².